The molecule has 2 rings (SSSR count). The van der Waals surface area contributed by atoms with Crippen LogP contribution in [-0.4, -0.2) is 12.6 Å². The van der Waals surface area contributed by atoms with Crippen molar-refractivity contribution in [3.63, 3.8) is 0 Å². The number of ether oxygens (including phenoxy) is 2. The molecule has 2 aromatic carbocycles. The lowest BCUT2D eigenvalue weighted by Crippen LogP contribution is -2.09. The van der Waals surface area contributed by atoms with Crippen LogP contribution in [0.4, 0.5) is 0 Å². The maximum Gasteiger partial charge on any atom is 0.343 e. The number of carbonyl (C=O) groups is 1. The Morgan fingerprint density at radius 1 is 0.522 bits per heavy atom. The fourth-order valence-electron chi connectivity index (χ4n) is 6.50. The van der Waals surface area contributed by atoms with Gasteiger partial charge < -0.3 is 9.47 Å². The summed E-state index contributed by atoms with van der Waals surface area (Å²) in [5.41, 5.74) is 3.01. The fourth-order valence-corrected chi connectivity index (χ4v) is 6.50. The van der Waals surface area contributed by atoms with E-state index in [2.05, 4.69) is 39.8 Å². The zero-order valence-corrected chi connectivity index (χ0v) is 30.5. The Hall–Kier alpha value is -2.13. The second kappa shape index (κ2) is 26.9. The van der Waals surface area contributed by atoms with Gasteiger partial charge in [-0.15, -0.1) is 0 Å². The molecular weight excluding hydrogens is 564 g/mol. The van der Waals surface area contributed by atoms with Crippen molar-refractivity contribution < 1.29 is 14.3 Å². The summed E-state index contributed by atoms with van der Waals surface area (Å²) in [5.74, 6) is 0.873. The molecule has 0 aliphatic heterocycles. The van der Waals surface area contributed by atoms with E-state index in [1.165, 1.54) is 147 Å². The minimum absolute atomic E-state index is 0.0205. The van der Waals surface area contributed by atoms with Gasteiger partial charge in [-0.2, -0.15) is 0 Å². The smallest absolute Gasteiger partial charge is 0.343 e. The summed E-state index contributed by atoms with van der Waals surface area (Å²) in [7, 11) is 0. The van der Waals surface area contributed by atoms with Crippen LogP contribution in [0.1, 0.15) is 209 Å². The topological polar surface area (TPSA) is 35.5 Å². The zero-order chi connectivity index (χ0) is 33.1. The first-order valence-electron chi connectivity index (χ1n) is 19.6. The van der Waals surface area contributed by atoms with Gasteiger partial charge in [0.2, 0.25) is 0 Å². The van der Waals surface area contributed by atoms with E-state index >= 15 is 0 Å². The summed E-state index contributed by atoms with van der Waals surface area (Å²) in [6.45, 7) is 9.67. The molecule has 46 heavy (non-hydrogen) atoms. The Bertz CT molecular complexity index is 980. The lowest BCUT2D eigenvalue weighted by atomic mass is 9.90. The van der Waals surface area contributed by atoms with Gasteiger partial charge >= 0.3 is 5.97 Å². The number of hydrogen-bond acceptors (Lipinski definition) is 3. The SMILES string of the molecule is CCCCCCCCCCCCCCCCCCCCOC(C)c1ccc(C(=O)Oc2ccc(C(CCC)CCCC)cc2)cc1. The van der Waals surface area contributed by atoms with Crippen molar-refractivity contribution in [1.82, 2.24) is 0 Å². The third-order valence-electron chi connectivity index (χ3n) is 9.59. The lowest BCUT2D eigenvalue weighted by molar-refractivity contribution is 0.0626. The number of carbonyl (C=O) groups excluding carboxylic acids is 1. The van der Waals surface area contributed by atoms with Gasteiger partial charge in [-0.1, -0.05) is 173 Å². The molecule has 2 atom stereocenters. The highest BCUT2D eigenvalue weighted by Crippen LogP contribution is 2.29. The van der Waals surface area contributed by atoms with Crippen molar-refractivity contribution >= 4 is 5.97 Å². The maximum atomic E-state index is 12.8. The second-order valence-corrected chi connectivity index (χ2v) is 13.7. The molecule has 0 spiro atoms. The number of esters is 1. The molecule has 0 bridgehead atoms. The number of rotatable bonds is 29. The Morgan fingerprint density at radius 2 is 0.978 bits per heavy atom. The van der Waals surface area contributed by atoms with Crippen LogP contribution in [0.25, 0.3) is 0 Å². The van der Waals surface area contributed by atoms with Crippen LogP contribution in [0.15, 0.2) is 48.5 Å². The molecule has 3 heteroatoms. The van der Waals surface area contributed by atoms with E-state index in [-0.39, 0.29) is 12.1 Å². The standard InChI is InChI=1S/C43H70O3/c1-5-8-10-11-12-13-14-15-16-17-18-19-20-21-22-23-24-25-36-45-37(4)38-28-30-41(31-29-38)43(44)46-42-34-32-40(33-35-42)39(26-7-3)27-9-6-2/h28-35,37,39H,5-27,36H2,1-4H3. The first kappa shape index (κ1) is 40.0. The lowest BCUT2D eigenvalue weighted by Gasteiger charge is -2.17. The molecule has 3 nitrogen and oxygen atoms in total. The second-order valence-electron chi connectivity index (χ2n) is 13.7. The van der Waals surface area contributed by atoms with Crippen LogP contribution >= 0.6 is 0 Å². The van der Waals surface area contributed by atoms with Gasteiger partial charge in [0.05, 0.1) is 11.7 Å². The molecule has 0 radical (unpaired) electrons. The van der Waals surface area contributed by atoms with Crippen LogP contribution in [-0.2, 0) is 4.74 Å². The summed E-state index contributed by atoms with van der Waals surface area (Å²) in [5, 5.41) is 0. The van der Waals surface area contributed by atoms with Gasteiger partial charge in [0.15, 0.2) is 0 Å². The minimum atomic E-state index is -0.317. The van der Waals surface area contributed by atoms with Crippen LogP contribution in [0.5, 0.6) is 5.75 Å². The van der Waals surface area contributed by atoms with E-state index in [0.29, 0.717) is 17.2 Å². The summed E-state index contributed by atoms with van der Waals surface area (Å²) >= 11 is 0. The Balaban J connectivity index is 1.50. The average Bonchev–Trinajstić information content (AvgIpc) is 3.08. The Labute approximate surface area is 284 Å². The van der Waals surface area contributed by atoms with Gasteiger partial charge in [-0.25, -0.2) is 4.79 Å². The molecular formula is C43H70O3. The first-order valence-corrected chi connectivity index (χ1v) is 19.6. The van der Waals surface area contributed by atoms with Crippen molar-refractivity contribution in [2.75, 3.05) is 6.61 Å². The fraction of sp³-hybridized carbons (Fsp3) is 0.698. The maximum absolute atomic E-state index is 12.8. The summed E-state index contributed by atoms with van der Waals surface area (Å²) in [6, 6.07) is 15.8. The summed E-state index contributed by atoms with van der Waals surface area (Å²) in [6.07, 6.45) is 31.1. The largest absolute Gasteiger partial charge is 0.423 e. The highest BCUT2D eigenvalue weighted by atomic mass is 16.5. The molecule has 0 amide bonds. The molecule has 0 N–H and O–H groups in total. The molecule has 0 aliphatic rings. The van der Waals surface area contributed by atoms with E-state index in [1.807, 2.05) is 36.4 Å². The van der Waals surface area contributed by atoms with E-state index < -0.39 is 0 Å². The molecule has 2 aromatic rings. The normalized spacial score (nSPS) is 12.7. The van der Waals surface area contributed by atoms with Crippen LogP contribution in [0.2, 0.25) is 0 Å². The van der Waals surface area contributed by atoms with Gasteiger partial charge in [0.1, 0.15) is 5.75 Å². The van der Waals surface area contributed by atoms with Gasteiger partial charge in [-0.3, -0.25) is 0 Å². The van der Waals surface area contributed by atoms with Crippen molar-refractivity contribution in [3.05, 3.63) is 65.2 Å². The third-order valence-corrected chi connectivity index (χ3v) is 9.59. The molecule has 0 saturated carbocycles. The monoisotopic (exact) mass is 635 g/mol. The zero-order valence-electron chi connectivity index (χ0n) is 30.5. The third kappa shape index (κ3) is 18.3. The highest BCUT2D eigenvalue weighted by Gasteiger charge is 2.13. The van der Waals surface area contributed by atoms with Crippen LogP contribution in [0.3, 0.4) is 0 Å². The van der Waals surface area contributed by atoms with E-state index in [0.717, 1.165) is 18.6 Å². The van der Waals surface area contributed by atoms with Crippen molar-refractivity contribution in [2.45, 2.75) is 187 Å². The van der Waals surface area contributed by atoms with Crippen molar-refractivity contribution in [1.29, 1.82) is 0 Å². The quantitative estimate of drug-likeness (QED) is 0.0507. The number of unbranched alkanes of at least 4 members (excludes halogenated alkanes) is 18. The van der Waals surface area contributed by atoms with Crippen LogP contribution < -0.4 is 4.74 Å². The highest BCUT2D eigenvalue weighted by molar-refractivity contribution is 5.91. The molecule has 0 aliphatic carbocycles. The summed E-state index contributed by atoms with van der Waals surface area (Å²) < 4.78 is 11.8. The summed E-state index contributed by atoms with van der Waals surface area (Å²) in [4.78, 5) is 12.8. The van der Waals surface area contributed by atoms with Gasteiger partial charge in [0, 0.05) is 6.61 Å². The van der Waals surface area contributed by atoms with E-state index in [4.69, 9.17) is 9.47 Å². The number of benzene rings is 2. The van der Waals surface area contributed by atoms with Crippen LogP contribution in [0, 0.1) is 0 Å². The molecule has 0 heterocycles. The molecule has 260 valence electrons. The molecule has 0 saturated heterocycles. The Kier molecular flexibility index (Phi) is 23.4. The first-order chi connectivity index (χ1) is 22.6. The van der Waals surface area contributed by atoms with Crippen molar-refractivity contribution in [3.8, 4) is 5.75 Å². The number of hydrogen-bond donors (Lipinski definition) is 0. The molecule has 2 unspecified atom stereocenters. The average molecular weight is 635 g/mol. The van der Waals surface area contributed by atoms with Gasteiger partial charge in [0.25, 0.3) is 0 Å². The predicted octanol–water partition coefficient (Wildman–Crippen LogP) is 14.1. The van der Waals surface area contributed by atoms with Gasteiger partial charge in [-0.05, 0) is 67.5 Å². The van der Waals surface area contributed by atoms with E-state index in [1.54, 1.807) is 0 Å². The molecule has 0 fully saturated rings. The predicted molar refractivity (Wildman–Crippen MR) is 198 cm³/mol. The molecule has 0 aromatic heterocycles. The Morgan fingerprint density at radius 3 is 1.46 bits per heavy atom. The van der Waals surface area contributed by atoms with Crippen molar-refractivity contribution in [2.24, 2.45) is 0 Å². The van der Waals surface area contributed by atoms with E-state index in [9.17, 15) is 4.79 Å². The minimum Gasteiger partial charge on any atom is -0.423 e.